The second-order valence-corrected chi connectivity index (χ2v) is 11.5. The maximum absolute atomic E-state index is 14.0. The summed E-state index contributed by atoms with van der Waals surface area (Å²) in [6, 6.07) is 0.289. The molecule has 3 heteroatoms. The number of hydrogen-bond donors (Lipinski definition) is 1. The summed E-state index contributed by atoms with van der Waals surface area (Å²) >= 11 is 0. The van der Waals surface area contributed by atoms with Gasteiger partial charge in [0.2, 0.25) is 5.91 Å². The van der Waals surface area contributed by atoms with Crippen LogP contribution in [-0.2, 0) is 9.59 Å². The van der Waals surface area contributed by atoms with Gasteiger partial charge in [0.15, 0.2) is 0 Å². The van der Waals surface area contributed by atoms with Gasteiger partial charge in [-0.05, 0) is 87.0 Å². The molecule has 2 unspecified atom stereocenters. The standard InChI is InChI=1S/C27H43NO2/c1-6-15-27(7-2,8-3)24(30)21-11-10-19-18-9-12-22-26(5,17-14-23(29)28-22)20(18)13-16-25(19,21)4/h14,17-22H,6-13,15-16H2,1-5H3,(H,28,29)/t18-,19-,20+,21?,22?,25-,26+/m0/s1. The minimum atomic E-state index is -0.103. The number of ketones is 1. The number of carbonyl (C=O) groups is 2. The van der Waals surface area contributed by atoms with Crippen LogP contribution in [0.4, 0.5) is 0 Å². The predicted octanol–water partition coefficient (Wildman–Crippen LogP) is 6.08. The molecule has 0 aromatic heterocycles. The Labute approximate surface area is 183 Å². The van der Waals surface area contributed by atoms with Gasteiger partial charge in [0.1, 0.15) is 5.78 Å². The highest BCUT2D eigenvalue weighted by Crippen LogP contribution is 2.66. The van der Waals surface area contributed by atoms with Gasteiger partial charge in [0.05, 0.1) is 0 Å². The average molecular weight is 414 g/mol. The van der Waals surface area contributed by atoms with Crippen LogP contribution in [0.25, 0.3) is 0 Å². The lowest BCUT2D eigenvalue weighted by Gasteiger charge is -2.59. The fourth-order valence-electron chi connectivity index (χ4n) is 8.69. The van der Waals surface area contributed by atoms with Crippen molar-refractivity contribution < 1.29 is 9.59 Å². The van der Waals surface area contributed by atoms with E-state index in [1.54, 1.807) is 6.08 Å². The summed E-state index contributed by atoms with van der Waals surface area (Å²) in [5.74, 6) is 2.94. The minimum Gasteiger partial charge on any atom is -0.349 e. The topological polar surface area (TPSA) is 46.2 Å². The van der Waals surface area contributed by atoms with Crippen molar-refractivity contribution in [1.82, 2.24) is 5.32 Å². The van der Waals surface area contributed by atoms with Gasteiger partial charge < -0.3 is 5.32 Å². The van der Waals surface area contributed by atoms with Crippen LogP contribution in [-0.4, -0.2) is 17.7 Å². The second kappa shape index (κ2) is 7.78. The van der Waals surface area contributed by atoms with Crippen molar-refractivity contribution in [2.24, 2.45) is 39.9 Å². The van der Waals surface area contributed by atoms with Crippen LogP contribution >= 0.6 is 0 Å². The van der Waals surface area contributed by atoms with Crippen LogP contribution in [0.1, 0.15) is 98.8 Å². The van der Waals surface area contributed by atoms with Gasteiger partial charge in [-0.25, -0.2) is 0 Å². The first-order valence-electron chi connectivity index (χ1n) is 12.8. The molecule has 3 aliphatic carbocycles. The van der Waals surface area contributed by atoms with Crippen LogP contribution in [0.5, 0.6) is 0 Å². The SMILES string of the molecule is CCCC(CC)(CC)C(=O)C1CC[C@H]2[C@@H]3CCC4NC(=O)C=C[C@]4(C)[C@@H]3CC[C@]12C. The molecule has 168 valence electrons. The van der Waals surface area contributed by atoms with Crippen molar-refractivity contribution in [3.05, 3.63) is 12.2 Å². The summed E-state index contributed by atoms with van der Waals surface area (Å²) in [5.41, 5.74) is 0.152. The van der Waals surface area contributed by atoms with Crippen LogP contribution in [0.15, 0.2) is 12.2 Å². The van der Waals surface area contributed by atoms with E-state index in [9.17, 15) is 9.59 Å². The van der Waals surface area contributed by atoms with E-state index < -0.39 is 0 Å². The van der Waals surface area contributed by atoms with Crippen LogP contribution in [0.3, 0.4) is 0 Å². The van der Waals surface area contributed by atoms with Crippen molar-refractivity contribution in [2.45, 2.75) is 105 Å². The molecule has 3 saturated carbocycles. The summed E-state index contributed by atoms with van der Waals surface area (Å²) in [5, 5.41) is 3.26. The molecular weight excluding hydrogens is 370 g/mol. The zero-order valence-electron chi connectivity index (χ0n) is 19.9. The van der Waals surface area contributed by atoms with Gasteiger partial charge in [0, 0.05) is 22.8 Å². The van der Waals surface area contributed by atoms with Gasteiger partial charge in [-0.3, -0.25) is 9.59 Å². The molecule has 1 heterocycles. The Hall–Kier alpha value is -1.12. The average Bonchev–Trinajstić information content (AvgIpc) is 3.09. The van der Waals surface area contributed by atoms with Crippen molar-refractivity contribution in [2.75, 3.05) is 0 Å². The number of hydrogen-bond acceptors (Lipinski definition) is 2. The third-order valence-corrected chi connectivity index (χ3v) is 10.6. The van der Waals surface area contributed by atoms with Crippen LogP contribution in [0, 0.1) is 39.9 Å². The number of fused-ring (bicyclic) bond motifs is 5. The Balaban J connectivity index is 1.61. The van der Waals surface area contributed by atoms with Crippen LogP contribution in [0.2, 0.25) is 0 Å². The normalized spacial score (nSPS) is 42.8. The maximum Gasteiger partial charge on any atom is 0.243 e. The molecule has 3 nitrogen and oxygen atoms in total. The molecule has 0 bridgehead atoms. The highest BCUT2D eigenvalue weighted by Gasteiger charge is 2.61. The molecule has 4 aliphatic rings. The van der Waals surface area contributed by atoms with Gasteiger partial charge in [0.25, 0.3) is 0 Å². The molecule has 1 N–H and O–H groups in total. The lowest BCUT2D eigenvalue weighted by molar-refractivity contribution is -0.142. The Bertz CT molecular complexity index is 722. The summed E-state index contributed by atoms with van der Waals surface area (Å²) in [6.07, 6.45) is 15.1. The van der Waals surface area contributed by atoms with E-state index >= 15 is 0 Å². The van der Waals surface area contributed by atoms with E-state index in [-0.39, 0.29) is 34.1 Å². The minimum absolute atomic E-state index is 0.0782. The highest BCUT2D eigenvalue weighted by molar-refractivity contribution is 5.89. The third kappa shape index (κ3) is 3.05. The number of amides is 1. The van der Waals surface area contributed by atoms with E-state index in [4.69, 9.17) is 0 Å². The molecule has 0 radical (unpaired) electrons. The Morgan fingerprint density at radius 2 is 1.80 bits per heavy atom. The second-order valence-electron chi connectivity index (χ2n) is 11.5. The molecule has 30 heavy (non-hydrogen) atoms. The van der Waals surface area contributed by atoms with Crippen LogP contribution < -0.4 is 5.32 Å². The van der Waals surface area contributed by atoms with Gasteiger partial charge >= 0.3 is 0 Å². The number of Topliss-reactive ketones (excluding diaryl/α,β-unsaturated/α-hetero) is 1. The van der Waals surface area contributed by atoms with Crippen molar-refractivity contribution in [3.8, 4) is 0 Å². The molecule has 4 rings (SSSR count). The first-order valence-corrected chi connectivity index (χ1v) is 12.8. The Morgan fingerprint density at radius 1 is 1.07 bits per heavy atom. The van der Waals surface area contributed by atoms with Gasteiger partial charge in [-0.15, -0.1) is 0 Å². The molecule has 0 aromatic carbocycles. The van der Waals surface area contributed by atoms with Crippen molar-refractivity contribution >= 4 is 11.7 Å². The first-order chi connectivity index (χ1) is 14.3. The fourth-order valence-corrected chi connectivity index (χ4v) is 8.69. The molecule has 0 spiro atoms. The summed E-state index contributed by atoms with van der Waals surface area (Å²) in [4.78, 5) is 25.9. The monoisotopic (exact) mass is 413 g/mol. The van der Waals surface area contributed by atoms with Gasteiger partial charge in [-0.1, -0.05) is 47.1 Å². The third-order valence-electron chi connectivity index (χ3n) is 10.6. The van der Waals surface area contributed by atoms with E-state index in [1.165, 1.54) is 25.7 Å². The summed E-state index contributed by atoms with van der Waals surface area (Å²) in [6.45, 7) is 11.5. The molecule has 0 aromatic rings. The number of carbonyl (C=O) groups excluding carboxylic acids is 2. The molecule has 3 fully saturated rings. The maximum atomic E-state index is 14.0. The van der Waals surface area contributed by atoms with E-state index in [1.807, 2.05) is 0 Å². The number of nitrogens with one attached hydrogen (secondary N) is 1. The highest BCUT2D eigenvalue weighted by atomic mass is 16.1. The number of rotatable bonds is 6. The van der Waals surface area contributed by atoms with E-state index in [2.05, 4.69) is 46.0 Å². The predicted molar refractivity (Wildman–Crippen MR) is 122 cm³/mol. The van der Waals surface area contributed by atoms with Gasteiger partial charge in [-0.2, -0.15) is 0 Å². The zero-order valence-corrected chi connectivity index (χ0v) is 19.9. The zero-order chi connectivity index (χ0) is 21.7. The van der Waals surface area contributed by atoms with E-state index in [0.29, 0.717) is 23.5 Å². The van der Waals surface area contributed by atoms with Crippen molar-refractivity contribution in [3.63, 3.8) is 0 Å². The molecular formula is C27H43NO2. The smallest absolute Gasteiger partial charge is 0.243 e. The van der Waals surface area contributed by atoms with Crippen molar-refractivity contribution in [1.29, 1.82) is 0 Å². The quantitative estimate of drug-likeness (QED) is 0.574. The molecule has 7 atom stereocenters. The summed E-state index contributed by atoms with van der Waals surface area (Å²) in [7, 11) is 0. The largest absolute Gasteiger partial charge is 0.349 e. The molecule has 1 aliphatic heterocycles. The Kier molecular flexibility index (Phi) is 5.73. The molecule has 1 amide bonds. The first kappa shape index (κ1) is 22.1. The molecule has 0 saturated heterocycles. The van der Waals surface area contributed by atoms with E-state index in [0.717, 1.165) is 38.5 Å². The lowest BCUT2D eigenvalue weighted by Crippen LogP contribution is -2.59. The Morgan fingerprint density at radius 3 is 2.47 bits per heavy atom. The summed E-state index contributed by atoms with van der Waals surface area (Å²) < 4.78 is 0. The fraction of sp³-hybridized carbons (Fsp3) is 0.852. The lowest BCUT2D eigenvalue weighted by atomic mass is 9.47.